The molecule has 0 amide bonds. The van der Waals surface area contributed by atoms with Crippen molar-refractivity contribution in [3.63, 3.8) is 0 Å². The van der Waals surface area contributed by atoms with E-state index in [1.165, 1.54) is 6.42 Å². The molecule has 0 saturated carbocycles. The number of aromatic nitrogens is 1. The van der Waals surface area contributed by atoms with E-state index in [2.05, 4.69) is 18.7 Å². The van der Waals surface area contributed by atoms with Crippen LogP contribution >= 0.6 is 11.3 Å². The third kappa shape index (κ3) is 2.18. The minimum atomic E-state index is 0.304. The Morgan fingerprint density at radius 3 is 2.61 bits per heavy atom. The van der Waals surface area contributed by atoms with Gasteiger partial charge in [0.15, 0.2) is 10.9 Å². The van der Waals surface area contributed by atoms with E-state index in [0.717, 1.165) is 53.5 Å². The Bertz CT molecular complexity index is 458. The van der Waals surface area contributed by atoms with Crippen LogP contribution in [-0.4, -0.2) is 23.9 Å². The molecule has 2 heterocycles. The van der Waals surface area contributed by atoms with Crippen LogP contribution in [-0.2, 0) is 6.42 Å². The minimum Gasteiger partial charge on any atom is -0.348 e. The fourth-order valence-corrected chi connectivity index (χ4v) is 4.31. The molecular formula is C14H20N2OS. The second kappa shape index (κ2) is 4.65. The van der Waals surface area contributed by atoms with E-state index in [9.17, 15) is 4.79 Å². The lowest BCUT2D eigenvalue weighted by molar-refractivity contribution is 0.0976. The number of Topliss-reactive ketones (excluding diaryl/α,β-unsaturated/α-hetero) is 1. The van der Waals surface area contributed by atoms with Crippen molar-refractivity contribution in [1.82, 2.24) is 4.98 Å². The smallest absolute Gasteiger partial charge is 0.186 e. The predicted molar refractivity (Wildman–Crippen MR) is 74.5 cm³/mol. The van der Waals surface area contributed by atoms with Crippen molar-refractivity contribution >= 4 is 22.3 Å². The first kappa shape index (κ1) is 12.2. The molecule has 1 aliphatic carbocycles. The SMILES string of the molecule is CC1CC(C)CN(c2nc3c(s2)C(=O)CCC3)C1. The van der Waals surface area contributed by atoms with Crippen molar-refractivity contribution in [3.8, 4) is 0 Å². The number of anilines is 1. The van der Waals surface area contributed by atoms with Gasteiger partial charge in [0.2, 0.25) is 0 Å². The molecule has 0 bridgehead atoms. The number of carbonyl (C=O) groups excluding carboxylic acids is 1. The maximum atomic E-state index is 11.9. The Morgan fingerprint density at radius 2 is 1.94 bits per heavy atom. The second-order valence-corrected chi connectivity index (χ2v) is 6.88. The van der Waals surface area contributed by atoms with E-state index in [1.807, 2.05) is 0 Å². The average Bonchev–Trinajstić information content (AvgIpc) is 2.73. The van der Waals surface area contributed by atoms with Gasteiger partial charge in [-0.25, -0.2) is 4.98 Å². The molecule has 0 aromatic carbocycles. The summed E-state index contributed by atoms with van der Waals surface area (Å²) >= 11 is 1.62. The normalized spacial score (nSPS) is 28.3. The molecule has 3 rings (SSSR count). The maximum Gasteiger partial charge on any atom is 0.186 e. The third-order valence-electron chi connectivity index (χ3n) is 3.90. The Kier molecular flexibility index (Phi) is 3.14. The number of fused-ring (bicyclic) bond motifs is 1. The molecule has 2 unspecified atom stereocenters. The maximum absolute atomic E-state index is 11.9. The van der Waals surface area contributed by atoms with Crippen LogP contribution < -0.4 is 4.90 Å². The van der Waals surface area contributed by atoms with Crippen molar-refractivity contribution in [2.24, 2.45) is 11.8 Å². The first-order chi connectivity index (χ1) is 8.63. The summed E-state index contributed by atoms with van der Waals surface area (Å²) in [6.07, 6.45) is 3.97. The van der Waals surface area contributed by atoms with Crippen LogP contribution in [0.1, 0.15) is 48.5 Å². The lowest BCUT2D eigenvalue weighted by Crippen LogP contribution is -2.38. The Labute approximate surface area is 112 Å². The minimum absolute atomic E-state index is 0.304. The summed E-state index contributed by atoms with van der Waals surface area (Å²) in [5.74, 6) is 1.76. The summed E-state index contributed by atoms with van der Waals surface area (Å²) in [5.41, 5.74) is 1.05. The third-order valence-corrected chi connectivity index (χ3v) is 5.10. The summed E-state index contributed by atoms with van der Waals surface area (Å²) in [4.78, 5) is 19.9. The number of carbonyl (C=O) groups is 1. The fourth-order valence-electron chi connectivity index (χ4n) is 3.21. The highest BCUT2D eigenvalue weighted by atomic mass is 32.1. The van der Waals surface area contributed by atoms with Crippen molar-refractivity contribution in [1.29, 1.82) is 0 Å². The summed E-state index contributed by atoms with van der Waals surface area (Å²) in [5, 5.41) is 1.08. The van der Waals surface area contributed by atoms with Gasteiger partial charge in [-0.15, -0.1) is 0 Å². The predicted octanol–water partition coefficient (Wildman–Crippen LogP) is 3.14. The molecule has 1 aromatic heterocycles. The molecular weight excluding hydrogens is 244 g/mol. The van der Waals surface area contributed by atoms with E-state index >= 15 is 0 Å². The zero-order valence-corrected chi connectivity index (χ0v) is 11.9. The van der Waals surface area contributed by atoms with E-state index in [-0.39, 0.29) is 0 Å². The monoisotopic (exact) mass is 264 g/mol. The van der Waals surface area contributed by atoms with Gasteiger partial charge in [0.1, 0.15) is 0 Å². The van der Waals surface area contributed by atoms with Crippen LogP contribution in [0.25, 0.3) is 0 Å². The molecule has 3 nitrogen and oxygen atoms in total. The highest BCUT2D eigenvalue weighted by Gasteiger charge is 2.27. The van der Waals surface area contributed by atoms with Gasteiger partial charge in [-0.2, -0.15) is 0 Å². The zero-order valence-electron chi connectivity index (χ0n) is 11.1. The van der Waals surface area contributed by atoms with Gasteiger partial charge >= 0.3 is 0 Å². The lowest BCUT2D eigenvalue weighted by Gasteiger charge is -2.34. The van der Waals surface area contributed by atoms with Crippen molar-refractivity contribution in [2.45, 2.75) is 39.5 Å². The average molecular weight is 264 g/mol. The standard InChI is InChI=1S/C14H20N2OS/c1-9-6-10(2)8-16(7-9)14-15-11-4-3-5-12(17)13(11)18-14/h9-10H,3-8H2,1-2H3. The Balaban J connectivity index is 1.86. The zero-order chi connectivity index (χ0) is 12.7. The number of hydrogen-bond donors (Lipinski definition) is 0. The first-order valence-electron chi connectivity index (χ1n) is 6.91. The summed E-state index contributed by atoms with van der Waals surface area (Å²) in [6.45, 7) is 6.79. The van der Waals surface area contributed by atoms with Crippen LogP contribution in [0.4, 0.5) is 5.13 Å². The summed E-state index contributed by atoms with van der Waals surface area (Å²) in [7, 11) is 0. The number of hydrogen-bond acceptors (Lipinski definition) is 4. The van der Waals surface area contributed by atoms with Gasteiger partial charge in [0.05, 0.1) is 10.6 Å². The van der Waals surface area contributed by atoms with Gasteiger partial charge in [0, 0.05) is 19.5 Å². The van der Waals surface area contributed by atoms with Crippen molar-refractivity contribution in [2.75, 3.05) is 18.0 Å². The number of piperidine rings is 1. The molecule has 1 fully saturated rings. The topological polar surface area (TPSA) is 33.2 Å². The molecule has 1 saturated heterocycles. The first-order valence-corrected chi connectivity index (χ1v) is 7.73. The molecule has 2 atom stereocenters. The van der Waals surface area contributed by atoms with Gasteiger partial charge in [-0.05, 0) is 31.1 Å². The van der Waals surface area contributed by atoms with E-state index in [4.69, 9.17) is 4.98 Å². The molecule has 4 heteroatoms. The molecule has 0 N–H and O–H groups in total. The highest BCUT2D eigenvalue weighted by molar-refractivity contribution is 7.17. The lowest BCUT2D eigenvalue weighted by atomic mass is 9.92. The molecule has 98 valence electrons. The molecule has 18 heavy (non-hydrogen) atoms. The van der Waals surface area contributed by atoms with Gasteiger partial charge in [-0.1, -0.05) is 25.2 Å². The molecule has 0 spiro atoms. The largest absolute Gasteiger partial charge is 0.348 e. The van der Waals surface area contributed by atoms with Crippen molar-refractivity contribution in [3.05, 3.63) is 10.6 Å². The Morgan fingerprint density at radius 1 is 1.22 bits per heavy atom. The quantitative estimate of drug-likeness (QED) is 0.781. The number of rotatable bonds is 1. The van der Waals surface area contributed by atoms with Crippen LogP contribution in [0, 0.1) is 11.8 Å². The van der Waals surface area contributed by atoms with Crippen LogP contribution in [0.3, 0.4) is 0 Å². The molecule has 0 radical (unpaired) electrons. The van der Waals surface area contributed by atoms with E-state index in [0.29, 0.717) is 12.2 Å². The summed E-state index contributed by atoms with van der Waals surface area (Å²) in [6, 6.07) is 0. The number of nitrogens with zero attached hydrogens (tertiary/aromatic N) is 2. The molecule has 1 aromatic rings. The van der Waals surface area contributed by atoms with Gasteiger partial charge in [-0.3, -0.25) is 4.79 Å². The highest BCUT2D eigenvalue weighted by Crippen LogP contribution is 2.34. The summed E-state index contributed by atoms with van der Waals surface area (Å²) < 4.78 is 0. The van der Waals surface area contributed by atoms with Crippen LogP contribution in [0.15, 0.2) is 0 Å². The van der Waals surface area contributed by atoms with E-state index in [1.54, 1.807) is 11.3 Å². The fraction of sp³-hybridized carbons (Fsp3) is 0.714. The number of thiazole rings is 1. The van der Waals surface area contributed by atoms with Crippen molar-refractivity contribution < 1.29 is 4.79 Å². The number of aryl methyl sites for hydroxylation is 1. The number of ketones is 1. The van der Waals surface area contributed by atoms with Gasteiger partial charge < -0.3 is 4.90 Å². The van der Waals surface area contributed by atoms with Crippen LogP contribution in [0.2, 0.25) is 0 Å². The van der Waals surface area contributed by atoms with Crippen LogP contribution in [0.5, 0.6) is 0 Å². The Hall–Kier alpha value is -0.900. The van der Waals surface area contributed by atoms with E-state index < -0.39 is 0 Å². The van der Waals surface area contributed by atoms with Gasteiger partial charge in [0.25, 0.3) is 0 Å². The second-order valence-electron chi connectivity index (χ2n) is 5.90. The molecule has 1 aliphatic heterocycles. The molecule has 2 aliphatic rings.